The summed E-state index contributed by atoms with van der Waals surface area (Å²) in [5.41, 5.74) is 1.37. The van der Waals surface area contributed by atoms with Gasteiger partial charge in [0.15, 0.2) is 11.5 Å². The Labute approximate surface area is 140 Å². The van der Waals surface area contributed by atoms with Crippen LogP contribution in [0.3, 0.4) is 0 Å². The first kappa shape index (κ1) is 15.9. The van der Waals surface area contributed by atoms with Crippen LogP contribution in [0.2, 0.25) is 0 Å². The highest BCUT2D eigenvalue weighted by Crippen LogP contribution is 2.28. The predicted octanol–water partition coefficient (Wildman–Crippen LogP) is 4.21. The first-order valence-corrected chi connectivity index (χ1v) is 7.58. The van der Waals surface area contributed by atoms with Crippen LogP contribution in [-0.4, -0.2) is 20.2 Å². The Bertz CT molecular complexity index is 870. The zero-order chi connectivity index (χ0) is 16.9. The zero-order valence-electron chi connectivity index (χ0n) is 13.6. The van der Waals surface area contributed by atoms with Gasteiger partial charge >= 0.3 is 5.97 Å². The molecule has 0 radical (unpaired) electrons. The molecule has 0 saturated heterocycles. The average Bonchev–Trinajstić information content (AvgIpc) is 2.65. The number of methoxy groups -OCH3 is 2. The first-order valence-electron chi connectivity index (χ1n) is 7.58. The molecule has 122 valence electrons. The van der Waals surface area contributed by atoms with Crippen molar-refractivity contribution in [3.8, 4) is 11.5 Å². The van der Waals surface area contributed by atoms with Gasteiger partial charge in [0, 0.05) is 0 Å². The van der Waals surface area contributed by atoms with Gasteiger partial charge in [-0.25, -0.2) is 4.79 Å². The van der Waals surface area contributed by atoms with Crippen LogP contribution in [0.25, 0.3) is 10.8 Å². The maximum Gasteiger partial charge on any atom is 0.338 e. The van der Waals surface area contributed by atoms with Crippen molar-refractivity contribution in [2.45, 2.75) is 6.61 Å². The van der Waals surface area contributed by atoms with Crippen molar-refractivity contribution in [2.24, 2.45) is 0 Å². The molecule has 0 unspecified atom stereocenters. The van der Waals surface area contributed by atoms with Gasteiger partial charge < -0.3 is 14.2 Å². The summed E-state index contributed by atoms with van der Waals surface area (Å²) in [6.07, 6.45) is 0. The van der Waals surface area contributed by atoms with Gasteiger partial charge in [-0.1, -0.05) is 36.4 Å². The minimum Gasteiger partial charge on any atom is -0.493 e. The molecule has 0 fully saturated rings. The number of benzene rings is 3. The third kappa shape index (κ3) is 3.33. The van der Waals surface area contributed by atoms with E-state index in [2.05, 4.69) is 0 Å². The monoisotopic (exact) mass is 322 g/mol. The average molecular weight is 322 g/mol. The van der Waals surface area contributed by atoms with E-state index in [4.69, 9.17) is 14.2 Å². The Kier molecular flexibility index (Phi) is 4.66. The van der Waals surface area contributed by atoms with Gasteiger partial charge in [-0.3, -0.25) is 0 Å². The maximum atomic E-state index is 12.3. The summed E-state index contributed by atoms with van der Waals surface area (Å²) in [4.78, 5) is 12.3. The minimum absolute atomic E-state index is 0.173. The van der Waals surface area contributed by atoms with Crippen LogP contribution >= 0.6 is 0 Å². The minimum atomic E-state index is -0.351. The lowest BCUT2D eigenvalue weighted by atomic mass is 10.1. The second-order valence-electron chi connectivity index (χ2n) is 5.33. The molecule has 0 atom stereocenters. The number of hydrogen-bond acceptors (Lipinski definition) is 4. The smallest absolute Gasteiger partial charge is 0.338 e. The number of rotatable bonds is 5. The standard InChI is InChI=1S/C20H18O4/c1-22-18-10-7-14(11-19(18)23-2)13-24-20(21)17-9-8-15-5-3-4-6-16(15)12-17/h3-12H,13H2,1-2H3. The number of esters is 1. The van der Waals surface area contributed by atoms with Crippen molar-refractivity contribution in [3.05, 3.63) is 71.8 Å². The van der Waals surface area contributed by atoms with E-state index >= 15 is 0 Å². The Balaban J connectivity index is 1.72. The van der Waals surface area contributed by atoms with Crippen molar-refractivity contribution in [2.75, 3.05) is 14.2 Å². The van der Waals surface area contributed by atoms with Crippen LogP contribution in [-0.2, 0) is 11.3 Å². The van der Waals surface area contributed by atoms with Crippen LogP contribution in [0.1, 0.15) is 15.9 Å². The molecule has 3 aromatic rings. The van der Waals surface area contributed by atoms with E-state index in [1.807, 2.05) is 42.5 Å². The summed E-state index contributed by atoms with van der Waals surface area (Å²) < 4.78 is 15.8. The summed E-state index contributed by atoms with van der Waals surface area (Å²) in [7, 11) is 3.15. The molecule has 0 amide bonds. The topological polar surface area (TPSA) is 44.8 Å². The van der Waals surface area contributed by atoms with Gasteiger partial charge in [-0.05, 0) is 40.6 Å². The number of carbonyl (C=O) groups excluding carboxylic acids is 1. The van der Waals surface area contributed by atoms with Crippen molar-refractivity contribution in [3.63, 3.8) is 0 Å². The van der Waals surface area contributed by atoms with Crippen LogP contribution in [0.4, 0.5) is 0 Å². The van der Waals surface area contributed by atoms with Gasteiger partial charge in [0.25, 0.3) is 0 Å². The Morgan fingerprint density at radius 1 is 0.833 bits per heavy atom. The van der Waals surface area contributed by atoms with Gasteiger partial charge in [-0.2, -0.15) is 0 Å². The third-order valence-electron chi connectivity index (χ3n) is 3.80. The molecule has 0 bridgehead atoms. The van der Waals surface area contributed by atoms with Gasteiger partial charge in [-0.15, -0.1) is 0 Å². The molecule has 3 aromatic carbocycles. The largest absolute Gasteiger partial charge is 0.493 e. The van der Waals surface area contributed by atoms with E-state index in [9.17, 15) is 4.79 Å². The summed E-state index contributed by atoms with van der Waals surface area (Å²) in [5.74, 6) is 0.898. The van der Waals surface area contributed by atoms with E-state index in [-0.39, 0.29) is 12.6 Å². The molecule has 0 saturated carbocycles. The molecule has 24 heavy (non-hydrogen) atoms. The zero-order valence-corrected chi connectivity index (χ0v) is 13.6. The molecule has 4 nitrogen and oxygen atoms in total. The summed E-state index contributed by atoms with van der Waals surface area (Å²) >= 11 is 0. The lowest BCUT2D eigenvalue weighted by molar-refractivity contribution is 0.0472. The van der Waals surface area contributed by atoms with Crippen molar-refractivity contribution >= 4 is 16.7 Å². The molecular weight excluding hydrogens is 304 g/mol. The highest BCUT2D eigenvalue weighted by molar-refractivity contribution is 5.95. The van der Waals surface area contributed by atoms with Crippen LogP contribution in [0, 0.1) is 0 Å². The number of hydrogen-bond donors (Lipinski definition) is 0. The van der Waals surface area contributed by atoms with Crippen LogP contribution < -0.4 is 9.47 Å². The predicted molar refractivity (Wildman–Crippen MR) is 92.6 cm³/mol. The summed E-state index contributed by atoms with van der Waals surface area (Å²) in [6.45, 7) is 0.173. The molecule has 0 aromatic heterocycles. The highest BCUT2D eigenvalue weighted by Gasteiger charge is 2.10. The number of ether oxygens (including phenoxy) is 3. The highest BCUT2D eigenvalue weighted by atomic mass is 16.5. The van der Waals surface area contributed by atoms with Gasteiger partial charge in [0.1, 0.15) is 6.61 Å². The second kappa shape index (κ2) is 7.04. The third-order valence-corrected chi connectivity index (χ3v) is 3.80. The lowest BCUT2D eigenvalue weighted by Gasteiger charge is -2.10. The SMILES string of the molecule is COc1ccc(COC(=O)c2ccc3ccccc3c2)cc1OC. The molecule has 3 rings (SSSR count). The molecule has 0 spiro atoms. The fourth-order valence-corrected chi connectivity index (χ4v) is 2.52. The molecule has 0 heterocycles. The molecular formula is C20H18O4. The maximum absolute atomic E-state index is 12.3. The number of fused-ring (bicyclic) bond motifs is 1. The van der Waals surface area contributed by atoms with Crippen LogP contribution in [0.5, 0.6) is 11.5 Å². The lowest BCUT2D eigenvalue weighted by Crippen LogP contribution is -2.05. The van der Waals surface area contributed by atoms with Crippen molar-refractivity contribution < 1.29 is 19.0 Å². The molecule has 0 aliphatic heterocycles. The van der Waals surface area contributed by atoms with Crippen molar-refractivity contribution in [1.82, 2.24) is 0 Å². The molecule has 0 aliphatic rings. The first-order chi connectivity index (χ1) is 11.7. The number of carbonyl (C=O) groups is 1. The van der Waals surface area contributed by atoms with E-state index < -0.39 is 0 Å². The normalized spacial score (nSPS) is 10.4. The van der Waals surface area contributed by atoms with E-state index in [1.54, 1.807) is 32.4 Å². The fraction of sp³-hybridized carbons (Fsp3) is 0.150. The quantitative estimate of drug-likeness (QED) is 0.660. The molecule has 0 aliphatic carbocycles. The summed E-state index contributed by atoms with van der Waals surface area (Å²) in [6, 6.07) is 18.9. The van der Waals surface area contributed by atoms with E-state index in [0.717, 1.165) is 16.3 Å². The van der Waals surface area contributed by atoms with E-state index in [1.165, 1.54) is 0 Å². The van der Waals surface area contributed by atoms with Gasteiger partial charge in [0.05, 0.1) is 19.8 Å². The summed E-state index contributed by atoms with van der Waals surface area (Å²) in [5, 5.41) is 2.10. The molecule has 0 N–H and O–H groups in total. The fourth-order valence-electron chi connectivity index (χ4n) is 2.52. The van der Waals surface area contributed by atoms with Gasteiger partial charge in [0.2, 0.25) is 0 Å². The van der Waals surface area contributed by atoms with Crippen LogP contribution in [0.15, 0.2) is 60.7 Å². The Hall–Kier alpha value is -3.01. The second-order valence-corrected chi connectivity index (χ2v) is 5.33. The van der Waals surface area contributed by atoms with Crippen molar-refractivity contribution in [1.29, 1.82) is 0 Å². The Morgan fingerprint density at radius 3 is 2.33 bits per heavy atom. The molecule has 4 heteroatoms. The van der Waals surface area contributed by atoms with E-state index in [0.29, 0.717) is 17.1 Å². The Morgan fingerprint density at radius 2 is 1.58 bits per heavy atom.